The van der Waals surface area contributed by atoms with Crippen molar-refractivity contribution in [2.75, 3.05) is 26.8 Å². The number of allylic oxidation sites excluding steroid dienone is 5. The normalized spacial score (nSPS) is 10.6. The molecular weight excluding hydrogens is 251 g/mol. The van der Waals surface area contributed by atoms with E-state index < -0.39 is 7.60 Å². The van der Waals surface area contributed by atoms with Gasteiger partial charge < -0.3 is 20.8 Å². The van der Waals surface area contributed by atoms with Crippen LogP contribution in [0, 0.1) is 0 Å². The molecule has 18 heavy (non-hydrogen) atoms. The van der Waals surface area contributed by atoms with Gasteiger partial charge >= 0.3 is 7.60 Å². The third-order valence-electron chi connectivity index (χ3n) is 1.43. The van der Waals surface area contributed by atoms with Crippen LogP contribution in [0.2, 0.25) is 0 Å². The maximum Gasteiger partial charge on any atom is 0.325 e. The Hall–Kier alpha value is -0.710. The highest BCUT2D eigenvalue weighted by molar-refractivity contribution is 7.51. The summed E-state index contributed by atoms with van der Waals surface area (Å²) >= 11 is 0. The number of hydrogen-bond donors (Lipinski definition) is 4. The van der Waals surface area contributed by atoms with Gasteiger partial charge in [-0.25, -0.2) is 0 Å². The van der Waals surface area contributed by atoms with E-state index in [9.17, 15) is 4.57 Å². The first-order chi connectivity index (χ1) is 8.47. The lowest BCUT2D eigenvalue weighted by molar-refractivity contribution is 0.371. The molecular formula is C12H27N2O3P. The van der Waals surface area contributed by atoms with Gasteiger partial charge in [-0.05, 0) is 34.0 Å². The third kappa shape index (κ3) is 36.2. The van der Waals surface area contributed by atoms with Gasteiger partial charge in [0.25, 0.3) is 0 Å². The summed E-state index contributed by atoms with van der Waals surface area (Å²) in [7, 11) is -0.486. The molecule has 0 rings (SSSR count). The Kier molecular flexibility index (Phi) is 23.3. The summed E-state index contributed by atoms with van der Waals surface area (Å²) in [6, 6.07) is 0. The first-order valence-electron chi connectivity index (χ1n) is 5.65. The zero-order valence-electron chi connectivity index (χ0n) is 11.5. The van der Waals surface area contributed by atoms with Crippen LogP contribution in [-0.4, -0.2) is 36.6 Å². The van der Waals surface area contributed by atoms with Crippen LogP contribution in [-0.2, 0) is 4.57 Å². The summed E-state index contributed by atoms with van der Waals surface area (Å²) in [5.74, 6) is 0. The monoisotopic (exact) mass is 278 g/mol. The van der Waals surface area contributed by atoms with Crippen LogP contribution >= 0.6 is 7.60 Å². The summed E-state index contributed by atoms with van der Waals surface area (Å²) in [4.78, 5) is 16.7. The van der Waals surface area contributed by atoms with Gasteiger partial charge in [0.15, 0.2) is 0 Å². The van der Waals surface area contributed by atoms with E-state index in [2.05, 4.69) is 17.6 Å². The van der Waals surface area contributed by atoms with Crippen molar-refractivity contribution in [3.63, 3.8) is 0 Å². The van der Waals surface area contributed by atoms with Crippen molar-refractivity contribution in [3.05, 3.63) is 37.0 Å². The van der Waals surface area contributed by atoms with Crippen LogP contribution < -0.4 is 11.1 Å². The second kappa shape index (κ2) is 18.6. The Morgan fingerprint density at radius 3 is 2.17 bits per heavy atom. The molecule has 0 unspecified atom stereocenters. The van der Waals surface area contributed by atoms with Crippen LogP contribution in [0.4, 0.5) is 0 Å². The van der Waals surface area contributed by atoms with E-state index in [0.29, 0.717) is 13.0 Å². The van der Waals surface area contributed by atoms with Crippen molar-refractivity contribution in [1.29, 1.82) is 0 Å². The fraction of sp³-hybridized carbons (Fsp3) is 0.500. The van der Waals surface area contributed by atoms with Crippen LogP contribution in [0.3, 0.4) is 0 Å². The number of rotatable bonds is 6. The van der Waals surface area contributed by atoms with Crippen molar-refractivity contribution in [3.8, 4) is 0 Å². The Bertz CT molecular complexity index is 260. The third-order valence-corrected chi connectivity index (χ3v) is 2.33. The van der Waals surface area contributed by atoms with E-state index in [1.54, 1.807) is 13.1 Å². The van der Waals surface area contributed by atoms with E-state index in [1.807, 2.05) is 31.2 Å². The van der Waals surface area contributed by atoms with Crippen LogP contribution in [0.5, 0.6) is 0 Å². The van der Waals surface area contributed by atoms with Gasteiger partial charge in [-0.3, -0.25) is 4.57 Å². The van der Waals surface area contributed by atoms with Gasteiger partial charge in [-0.2, -0.15) is 0 Å². The van der Waals surface area contributed by atoms with Crippen LogP contribution in [0.1, 0.15) is 13.3 Å². The average molecular weight is 278 g/mol. The van der Waals surface area contributed by atoms with E-state index >= 15 is 0 Å². The minimum atomic E-state index is -3.74. The lowest BCUT2D eigenvalue weighted by Gasteiger charge is -2.01. The average Bonchev–Trinajstić information content (AvgIpc) is 2.32. The summed E-state index contributed by atoms with van der Waals surface area (Å²) in [6.07, 6.45) is 10.0. The number of nitrogens with one attached hydrogen (secondary N) is 1. The Labute approximate surface area is 111 Å². The molecule has 0 atom stereocenters. The summed E-state index contributed by atoms with van der Waals surface area (Å²) in [5.41, 5.74) is 4.50. The van der Waals surface area contributed by atoms with Gasteiger partial charge in [0.1, 0.15) is 0 Å². The highest BCUT2D eigenvalue weighted by Crippen LogP contribution is 2.34. The van der Waals surface area contributed by atoms with Crippen molar-refractivity contribution >= 4 is 7.60 Å². The molecule has 6 heteroatoms. The molecule has 0 aromatic carbocycles. The van der Waals surface area contributed by atoms with Gasteiger partial charge in [-0.1, -0.05) is 37.0 Å². The molecule has 5 nitrogen and oxygen atoms in total. The molecule has 5 N–H and O–H groups in total. The van der Waals surface area contributed by atoms with Crippen molar-refractivity contribution in [1.82, 2.24) is 5.32 Å². The van der Waals surface area contributed by atoms with Gasteiger partial charge in [0.05, 0.1) is 6.16 Å². The fourth-order valence-electron chi connectivity index (χ4n) is 0.716. The molecule has 0 aromatic heterocycles. The van der Waals surface area contributed by atoms with Crippen LogP contribution in [0.15, 0.2) is 37.0 Å². The summed E-state index contributed by atoms with van der Waals surface area (Å²) in [6.45, 7) is 6.15. The van der Waals surface area contributed by atoms with E-state index in [1.165, 1.54) is 7.05 Å². The molecule has 0 aliphatic carbocycles. The maximum absolute atomic E-state index is 10.2. The van der Waals surface area contributed by atoms with Crippen molar-refractivity contribution in [2.45, 2.75) is 13.3 Å². The summed E-state index contributed by atoms with van der Waals surface area (Å²) < 4.78 is 10.2. The molecule has 0 aromatic rings. The minimum absolute atomic E-state index is 0.0200. The molecule has 0 radical (unpaired) electrons. The number of hydrogen-bond acceptors (Lipinski definition) is 3. The smallest absolute Gasteiger partial charge is 0.325 e. The van der Waals surface area contributed by atoms with E-state index in [0.717, 1.165) is 0 Å². The molecule has 0 aliphatic heterocycles. The molecule has 0 fully saturated rings. The van der Waals surface area contributed by atoms with E-state index in [4.69, 9.17) is 9.79 Å². The second-order valence-corrected chi connectivity index (χ2v) is 4.77. The molecule has 0 saturated carbocycles. The highest BCUT2D eigenvalue weighted by atomic mass is 31.2. The van der Waals surface area contributed by atoms with E-state index in [-0.39, 0.29) is 6.16 Å². The predicted molar refractivity (Wildman–Crippen MR) is 79.7 cm³/mol. The fourth-order valence-corrected chi connectivity index (χ4v) is 1.29. The zero-order valence-corrected chi connectivity index (χ0v) is 12.4. The Morgan fingerprint density at radius 1 is 1.28 bits per heavy atom. The predicted octanol–water partition coefficient (Wildman–Crippen LogP) is 1.65. The first-order valence-corrected chi connectivity index (χ1v) is 7.45. The molecule has 0 heterocycles. The highest BCUT2D eigenvalue weighted by Gasteiger charge is 2.10. The molecule has 0 amide bonds. The second-order valence-electron chi connectivity index (χ2n) is 2.99. The molecule has 0 saturated heterocycles. The standard InChI is InChI=1S/C7H10.C4H12NO3P.CH5N/c1-3-5-7-6-4-2;1-5-3-2-4-9(6,7)8;1-2/h3-7H,1H2,2H3;5H,2-4H2,1H3,(H2,6,7,8);2H2,1H3/b6-4-,7-5-;;. The quantitative estimate of drug-likeness (QED) is 0.336. The Morgan fingerprint density at radius 2 is 1.83 bits per heavy atom. The molecule has 0 bridgehead atoms. The minimum Gasteiger partial charge on any atom is -0.333 e. The molecule has 0 spiro atoms. The van der Waals surface area contributed by atoms with Gasteiger partial charge in [0, 0.05) is 0 Å². The van der Waals surface area contributed by atoms with Gasteiger partial charge in [0.2, 0.25) is 0 Å². The summed E-state index contributed by atoms with van der Waals surface area (Å²) in [5, 5.41) is 2.80. The molecule has 0 aliphatic rings. The Balaban J connectivity index is -0.000000225. The van der Waals surface area contributed by atoms with Gasteiger partial charge in [-0.15, -0.1) is 0 Å². The first kappa shape index (κ1) is 22.5. The van der Waals surface area contributed by atoms with Crippen LogP contribution in [0.25, 0.3) is 0 Å². The SMILES string of the molecule is C=C/C=C\C=C/C.CN.CNCCCP(=O)(O)O. The lowest BCUT2D eigenvalue weighted by atomic mass is 10.4. The number of nitrogens with two attached hydrogens (primary N) is 1. The topological polar surface area (TPSA) is 95.6 Å². The zero-order chi connectivity index (χ0) is 14.9. The largest absolute Gasteiger partial charge is 0.333 e. The molecule has 108 valence electrons. The van der Waals surface area contributed by atoms with Crippen molar-refractivity contribution in [2.24, 2.45) is 5.73 Å². The maximum atomic E-state index is 10.2. The van der Waals surface area contributed by atoms with Crippen molar-refractivity contribution < 1.29 is 14.4 Å². The lowest BCUT2D eigenvalue weighted by Crippen LogP contribution is -2.09.